The van der Waals surface area contributed by atoms with Gasteiger partial charge < -0.3 is 9.47 Å². The van der Waals surface area contributed by atoms with Gasteiger partial charge in [0.05, 0.1) is 32.2 Å². The lowest BCUT2D eigenvalue weighted by atomic mass is 10.2. The molecule has 0 bridgehead atoms. The highest BCUT2D eigenvalue weighted by Gasteiger charge is 2.35. The minimum atomic E-state index is -0.312. The maximum atomic E-state index is 13.1. The first kappa shape index (κ1) is 19.9. The minimum Gasteiger partial charge on any atom is -0.493 e. The molecule has 0 spiro atoms. The second-order valence-electron chi connectivity index (χ2n) is 6.05. The second-order valence-corrected chi connectivity index (χ2v) is 7.36. The largest absolute Gasteiger partial charge is 0.493 e. The molecule has 1 saturated heterocycles. The normalized spacial score (nSPS) is 18.3. The molecule has 3 rings (SSSR count). The van der Waals surface area contributed by atoms with E-state index in [4.69, 9.17) is 9.47 Å². The molecule has 0 N–H and O–H groups in total. The molecule has 1 fully saturated rings. The number of ether oxygens (including phenoxy) is 2. The average Bonchev–Trinajstić information content (AvgIpc) is 2.97. The van der Waals surface area contributed by atoms with Crippen molar-refractivity contribution < 1.29 is 18.7 Å². The van der Waals surface area contributed by atoms with Crippen molar-refractivity contribution in [2.24, 2.45) is 10.2 Å². The van der Waals surface area contributed by atoms with Gasteiger partial charge in [0.1, 0.15) is 5.82 Å². The summed E-state index contributed by atoms with van der Waals surface area (Å²) in [6.45, 7) is 2.15. The Balaban J connectivity index is 1.78. The van der Waals surface area contributed by atoms with Crippen LogP contribution in [0.1, 0.15) is 18.1 Å². The predicted octanol–water partition coefficient (Wildman–Crippen LogP) is 3.70. The lowest BCUT2D eigenvalue weighted by Gasteiger charge is -2.15. The molecule has 1 heterocycles. The summed E-state index contributed by atoms with van der Waals surface area (Å²) in [5.41, 5.74) is 1.61. The fourth-order valence-corrected chi connectivity index (χ4v) is 3.58. The van der Waals surface area contributed by atoms with Crippen LogP contribution in [0, 0.1) is 5.82 Å². The number of halogens is 1. The van der Waals surface area contributed by atoms with Crippen LogP contribution in [0.15, 0.2) is 52.7 Å². The third-order valence-corrected chi connectivity index (χ3v) is 5.21. The quantitative estimate of drug-likeness (QED) is 0.547. The summed E-state index contributed by atoms with van der Waals surface area (Å²) in [4.78, 5) is 14.0. The lowest BCUT2D eigenvalue weighted by Crippen LogP contribution is -2.30. The van der Waals surface area contributed by atoms with E-state index in [-0.39, 0.29) is 17.0 Å². The molecule has 0 aromatic heterocycles. The Hall–Kier alpha value is -2.87. The fourth-order valence-electron chi connectivity index (χ4n) is 2.66. The maximum absolute atomic E-state index is 13.1. The van der Waals surface area contributed by atoms with Crippen molar-refractivity contribution in [2.45, 2.75) is 18.7 Å². The highest BCUT2D eigenvalue weighted by molar-refractivity contribution is 8.15. The summed E-state index contributed by atoms with van der Waals surface area (Å²) < 4.78 is 23.6. The Morgan fingerprint density at radius 1 is 1.14 bits per heavy atom. The van der Waals surface area contributed by atoms with Gasteiger partial charge in [-0.2, -0.15) is 5.10 Å². The van der Waals surface area contributed by atoms with Gasteiger partial charge in [0.25, 0.3) is 0 Å². The van der Waals surface area contributed by atoms with E-state index in [1.807, 2.05) is 13.0 Å². The molecular weight excluding hydrogens is 381 g/mol. The Morgan fingerprint density at radius 2 is 1.86 bits per heavy atom. The molecule has 1 aliphatic rings. The van der Waals surface area contributed by atoms with Crippen LogP contribution in [0.3, 0.4) is 0 Å². The van der Waals surface area contributed by atoms with Crippen LogP contribution in [-0.4, -0.2) is 41.7 Å². The molecule has 6 nitrogen and oxygen atoms in total. The summed E-state index contributed by atoms with van der Waals surface area (Å²) in [5.74, 6) is 0.861. The first-order valence-electron chi connectivity index (χ1n) is 8.57. The predicted molar refractivity (Wildman–Crippen MR) is 109 cm³/mol. The number of carbonyl (C=O) groups excluding carboxylic acids is 1. The topological polar surface area (TPSA) is 63.5 Å². The molecule has 28 heavy (non-hydrogen) atoms. The van der Waals surface area contributed by atoms with Gasteiger partial charge in [0, 0.05) is 0 Å². The number of amides is 1. The molecule has 0 unspecified atom stereocenters. The van der Waals surface area contributed by atoms with Crippen LogP contribution in [0.25, 0.3) is 0 Å². The van der Waals surface area contributed by atoms with E-state index >= 15 is 0 Å². The van der Waals surface area contributed by atoms with Crippen LogP contribution in [0.4, 0.5) is 4.39 Å². The van der Waals surface area contributed by atoms with Crippen LogP contribution >= 0.6 is 11.8 Å². The van der Waals surface area contributed by atoms with Crippen molar-refractivity contribution in [2.75, 3.05) is 14.2 Å². The zero-order valence-electron chi connectivity index (χ0n) is 15.8. The zero-order valence-corrected chi connectivity index (χ0v) is 16.6. The molecular formula is C20H20FN3O3S. The van der Waals surface area contributed by atoms with E-state index in [1.54, 1.807) is 49.6 Å². The van der Waals surface area contributed by atoms with Crippen LogP contribution < -0.4 is 9.47 Å². The number of thioether (sulfide) groups is 1. The van der Waals surface area contributed by atoms with Gasteiger partial charge in [0.2, 0.25) is 5.91 Å². The molecule has 0 saturated carbocycles. The number of amidine groups is 1. The van der Waals surface area contributed by atoms with E-state index in [0.29, 0.717) is 23.2 Å². The van der Waals surface area contributed by atoms with Gasteiger partial charge in [-0.25, -0.2) is 4.39 Å². The van der Waals surface area contributed by atoms with Crippen LogP contribution in [0.2, 0.25) is 0 Å². The zero-order chi connectivity index (χ0) is 20.1. The number of rotatable bonds is 6. The van der Waals surface area contributed by atoms with Crippen molar-refractivity contribution in [1.82, 2.24) is 4.90 Å². The molecule has 0 aliphatic carbocycles. The Labute approximate surface area is 167 Å². The fraction of sp³-hybridized carbons (Fsp3) is 0.250. The highest BCUT2D eigenvalue weighted by atomic mass is 32.2. The van der Waals surface area contributed by atoms with E-state index in [9.17, 15) is 9.18 Å². The van der Waals surface area contributed by atoms with Crippen molar-refractivity contribution in [3.63, 3.8) is 0 Å². The van der Waals surface area contributed by atoms with Crippen LogP contribution in [-0.2, 0) is 11.3 Å². The lowest BCUT2D eigenvalue weighted by molar-refractivity contribution is -0.126. The molecule has 146 valence electrons. The highest BCUT2D eigenvalue weighted by Crippen LogP contribution is 2.29. The summed E-state index contributed by atoms with van der Waals surface area (Å²) in [6, 6.07) is 11.5. The Kier molecular flexibility index (Phi) is 6.30. The van der Waals surface area contributed by atoms with Crippen molar-refractivity contribution in [1.29, 1.82) is 0 Å². The molecule has 1 aliphatic heterocycles. The molecule has 2 aromatic rings. The second kappa shape index (κ2) is 8.88. The summed E-state index contributed by atoms with van der Waals surface area (Å²) in [5, 5.41) is 8.61. The molecule has 1 amide bonds. The first-order chi connectivity index (χ1) is 13.5. The van der Waals surface area contributed by atoms with Gasteiger partial charge in [-0.1, -0.05) is 23.9 Å². The molecule has 2 aromatic carbocycles. The Bertz CT molecular complexity index is 915. The third kappa shape index (κ3) is 4.51. The van der Waals surface area contributed by atoms with E-state index < -0.39 is 0 Å². The molecule has 0 radical (unpaired) electrons. The van der Waals surface area contributed by atoms with Crippen molar-refractivity contribution in [3.05, 3.63) is 59.4 Å². The SMILES string of the molecule is COc1ccc(/C=N\N=C2\S[C@H](C)C(=O)N2Cc2ccc(F)cc2)cc1OC. The average molecular weight is 401 g/mol. The first-order valence-corrected chi connectivity index (χ1v) is 9.45. The number of hydrogen-bond donors (Lipinski definition) is 0. The van der Waals surface area contributed by atoms with Gasteiger partial charge in [0.15, 0.2) is 16.7 Å². The smallest absolute Gasteiger partial charge is 0.242 e. The minimum absolute atomic E-state index is 0.0469. The summed E-state index contributed by atoms with van der Waals surface area (Å²) >= 11 is 1.35. The van der Waals surface area contributed by atoms with Gasteiger partial charge in [-0.15, -0.1) is 5.10 Å². The number of hydrogen-bond acceptors (Lipinski definition) is 6. The summed E-state index contributed by atoms with van der Waals surface area (Å²) in [7, 11) is 3.14. The van der Waals surface area contributed by atoms with Gasteiger partial charge >= 0.3 is 0 Å². The maximum Gasteiger partial charge on any atom is 0.242 e. The van der Waals surface area contributed by atoms with Crippen molar-refractivity contribution in [3.8, 4) is 11.5 Å². The van der Waals surface area contributed by atoms with Gasteiger partial charge in [-0.3, -0.25) is 9.69 Å². The van der Waals surface area contributed by atoms with Gasteiger partial charge in [-0.05, 0) is 48.4 Å². The number of nitrogens with zero attached hydrogens (tertiary/aromatic N) is 3. The number of carbonyl (C=O) groups is 1. The van der Waals surface area contributed by atoms with Crippen LogP contribution in [0.5, 0.6) is 11.5 Å². The Morgan fingerprint density at radius 3 is 2.54 bits per heavy atom. The summed E-state index contributed by atoms with van der Waals surface area (Å²) in [6.07, 6.45) is 1.58. The standard InChI is InChI=1S/C20H20FN3O3S/c1-13-19(25)24(12-14-4-7-16(21)8-5-14)20(28-13)23-22-11-15-6-9-17(26-2)18(10-15)27-3/h4-11,13H,12H2,1-3H3/b22-11-,23-20+/t13-/m1/s1. The van der Waals surface area contributed by atoms with E-state index in [1.165, 1.54) is 23.9 Å². The van der Waals surface area contributed by atoms with Crippen molar-refractivity contribution >= 4 is 29.1 Å². The van der Waals surface area contributed by atoms with E-state index in [0.717, 1.165) is 11.1 Å². The monoisotopic (exact) mass is 401 g/mol. The molecule has 1 atom stereocenters. The number of methoxy groups -OCH3 is 2. The molecule has 8 heteroatoms. The number of benzene rings is 2. The third-order valence-electron chi connectivity index (χ3n) is 4.14. The van der Waals surface area contributed by atoms with E-state index in [2.05, 4.69) is 10.2 Å².